The summed E-state index contributed by atoms with van der Waals surface area (Å²) < 4.78 is 0. The van der Waals surface area contributed by atoms with Crippen molar-refractivity contribution in [3.63, 3.8) is 0 Å². The molecule has 0 bridgehead atoms. The van der Waals surface area contributed by atoms with Crippen LogP contribution in [0.1, 0.15) is 35.1 Å². The van der Waals surface area contributed by atoms with E-state index in [0.717, 1.165) is 11.1 Å². The third-order valence-electron chi connectivity index (χ3n) is 4.04. The maximum atomic E-state index is 12.4. The van der Waals surface area contributed by atoms with E-state index in [1.807, 2.05) is 37.4 Å². The third kappa shape index (κ3) is 2.59. The summed E-state index contributed by atoms with van der Waals surface area (Å²) in [5, 5.41) is 4.16. The fourth-order valence-electron chi connectivity index (χ4n) is 3.04. The van der Waals surface area contributed by atoms with Gasteiger partial charge in [-0.15, -0.1) is 0 Å². The summed E-state index contributed by atoms with van der Waals surface area (Å²) in [5.41, 5.74) is 3.25. The van der Waals surface area contributed by atoms with E-state index >= 15 is 0 Å². The lowest BCUT2D eigenvalue weighted by molar-refractivity contribution is -0.121. The van der Waals surface area contributed by atoms with Crippen molar-refractivity contribution in [3.8, 4) is 0 Å². The molecule has 1 N–H and O–H groups in total. The van der Waals surface area contributed by atoms with Gasteiger partial charge in [0.15, 0.2) is 5.78 Å². The third-order valence-corrected chi connectivity index (χ3v) is 4.78. The number of hydrogen-bond donors (Lipinski definition) is 1. The summed E-state index contributed by atoms with van der Waals surface area (Å²) >= 11 is 12.1. The minimum Gasteiger partial charge on any atom is -0.307 e. The SMILES string of the molecule is CN[C@H]1C(=O)C[C@@H](c2ccc(Cl)c(Cl)c2)c2ccccc21. The van der Waals surface area contributed by atoms with Gasteiger partial charge in [-0.1, -0.05) is 53.5 Å². The van der Waals surface area contributed by atoms with Crippen LogP contribution in [-0.2, 0) is 4.79 Å². The number of rotatable bonds is 2. The number of carbonyl (C=O) groups is 1. The van der Waals surface area contributed by atoms with Crippen LogP contribution < -0.4 is 5.32 Å². The summed E-state index contributed by atoms with van der Waals surface area (Å²) in [6, 6.07) is 13.4. The molecule has 108 valence electrons. The Bertz CT molecular complexity index is 699. The van der Waals surface area contributed by atoms with E-state index in [2.05, 4.69) is 11.4 Å². The van der Waals surface area contributed by atoms with Gasteiger partial charge in [-0.25, -0.2) is 0 Å². The van der Waals surface area contributed by atoms with Gasteiger partial charge in [0.05, 0.1) is 16.1 Å². The lowest BCUT2D eigenvalue weighted by Crippen LogP contribution is -2.32. The number of hydrogen-bond acceptors (Lipinski definition) is 2. The van der Waals surface area contributed by atoms with Crippen molar-refractivity contribution in [3.05, 3.63) is 69.2 Å². The number of fused-ring (bicyclic) bond motifs is 1. The maximum absolute atomic E-state index is 12.4. The minimum absolute atomic E-state index is 0.0352. The van der Waals surface area contributed by atoms with E-state index in [-0.39, 0.29) is 17.7 Å². The molecule has 0 amide bonds. The molecular formula is C17H15Cl2NO. The Kier molecular flexibility index (Phi) is 4.03. The van der Waals surface area contributed by atoms with Crippen LogP contribution in [0.4, 0.5) is 0 Å². The molecule has 1 aliphatic carbocycles. The van der Waals surface area contributed by atoms with Gasteiger partial charge >= 0.3 is 0 Å². The van der Waals surface area contributed by atoms with E-state index in [0.29, 0.717) is 16.5 Å². The Morgan fingerprint density at radius 2 is 1.76 bits per heavy atom. The number of nitrogens with one attached hydrogen (secondary N) is 1. The molecule has 4 heteroatoms. The van der Waals surface area contributed by atoms with Gasteiger partial charge in [-0.2, -0.15) is 0 Å². The Morgan fingerprint density at radius 1 is 1.05 bits per heavy atom. The first kappa shape index (κ1) is 14.6. The molecular weight excluding hydrogens is 305 g/mol. The molecule has 0 unspecified atom stereocenters. The first-order valence-corrected chi connectivity index (χ1v) is 7.61. The zero-order valence-corrected chi connectivity index (χ0v) is 13.1. The minimum atomic E-state index is -0.222. The molecule has 0 spiro atoms. The first-order chi connectivity index (χ1) is 10.1. The second kappa shape index (κ2) is 5.80. The molecule has 21 heavy (non-hydrogen) atoms. The molecule has 0 aromatic heterocycles. The second-order valence-electron chi connectivity index (χ2n) is 5.25. The normalized spacial score (nSPS) is 21.2. The Morgan fingerprint density at radius 3 is 2.43 bits per heavy atom. The van der Waals surface area contributed by atoms with Crippen LogP contribution in [0.5, 0.6) is 0 Å². The number of benzene rings is 2. The Hall–Kier alpha value is -1.35. The summed E-state index contributed by atoms with van der Waals surface area (Å²) in [6.45, 7) is 0. The van der Waals surface area contributed by atoms with Crippen molar-refractivity contribution >= 4 is 29.0 Å². The number of ketones is 1. The van der Waals surface area contributed by atoms with Gasteiger partial charge < -0.3 is 5.32 Å². The molecule has 0 aliphatic heterocycles. The lowest BCUT2D eigenvalue weighted by atomic mass is 9.76. The van der Waals surface area contributed by atoms with Gasteiger partial charge in [-0.3, -0.25) is 4.79 Å². The zero-order chi connectivity index (χ0) is 15.0. The molecule has 1 aliphatic rings. The van der Waals surface area contributed by atoms with Crippen molar-refractivity contribution in [1.29, 1.82) is 0 Å². The van der Waals surface area contributed by atoms with Crippen molar-refractivity contribution in [2.75, 3.05) is 7.05 Å². The summed E-state index contributed by atoms with van der Waals surface area (Å²) in [6.07, 6.45) is 0.473. The van der Waals surface area contributed by atoms with Crippen LogP contribution in [0.25, 0.3) is 0 Å². The number of likely N-dealkylation sites (N-methyl/N-ethyl adjacent to an activating group) is 1. The fourth-order valence-corrected chi connectivity index (χ4v) is 3.34. The van der Waals surface area contributed by atoms with Gasteiger partial charge in [0.1, 0.15) is 0 Å². The van der Waals surface area contributed by atoms with Crippen LogP contribution in [0.15, 0.2) is 42.5 Å². The maximum Gasteiger partial charge on any atom is 0.155 e. The molecule has 2 atom stereocenters. The van der Waals surface area contributed by atoms with E-state index in [1.54, 1.807) is 6.07 Å². The molecule has 2 aromatic rings. The quantitative estimate of drug-likeness (QED) is 0.891. The summed E-state index contributed by atoms with van der Waals surface area (Å²) in [4.78, 5) is 12.4. The molecule has 2 aromatic carbocycles. The molecule has 0 saturated heterocycles. The monoisotopic (exact) mass is 319 g/mol. The highest BCUT2D eigenvalue weighted by Gasteiger charge is 2.33. The van der Waals surface area contributed by atoms with E-state index in [4.69, 9.17) is 23.2 Å². The van der Waals surface area contributed by atoms with E-state index in [9.17, 15) is 4.79 Å². The van der Waals surface area contributed by atoms with Gasteiger partial charge in [0.2, 0.25) is 0 Å². The molecule has 0 fully saturated rings. The van der Waals surface area contributed by atoms with Crippen LogP contribution in [-0.4, -0.2) is 12.8 Å². The fraction of sp³-hybridized carbons (Fsp3) is 0.235. The lowest BCUT2D eigenvalue weighted by Gasteiger charge is -2.30. The highest BCUT2D eigenvalue weighted by Crippen LogP contribution is 2.40. The van der Waals surface area contributed by atoms with Crippen LogP contribution in [0.3, 0.4) is 0 Å². The van der Waals surface area contributed by atoms with Crippen LogP contribution in [0.2, 0.25) is 10.0 Å². The Labute approximate surface area is 134 Å². The van der Waals surface area contributed by atoms with Crippen LogP contribution in [0, 0.1) is 0 Å². The topological polar surface area (TPSA) is 29.1 Å². The molecule has 2 nitrogen and oxygen atoms in total. The predicted molar refractivity (Wildman–Crippen MR) is 86.2 cm³/mol. The van der Waals surface area contributed by atoms with Gasteiger partial charge in [0.25, 0.3) is 0 Å². The summed E-state index contributed by atoms with van der Waals surface area (Å²) in [5.74, 6) is 0.236. The number of halogens is 2. The van der Waals surface area contributed by atoms with Crippen molar-refractivity contribution < 1.29 is 4.79 Å². The average molecular weight is 320 g/mol. The standard InChI is InChI=1S/C17H15Cl2NO/c1-20-17-12-5-3-2-4-11(12)13(9-16(17)21)10-6-7-14(18)15(19)8-10/h2-8,13,17,20H,9H2,1H3/t13-,17+/m0/s1. The number of Topliss-reactive ketones (excluding diaryl/α,β-unsaturated/α-hetero) is 1. The van der Waals surface area contributed by atoms with Crippen molar-refractivity contribution in [2.45, 2.75) is 18.4 Å². The predicted octanol–water partition coefficient (Wildman–Crippen LogP) is 4.36. The van der Waals surface area contributed by atoms with Gasteiger partial charge in [-0.05, 0) is 35.9 Å². The Balaban J connectivity index is 2.11. The summed E-state index contributed by atoms with van der Waals surface area (Å²) in [7, 11) is 1.82. The van der Waals surface area contributed by atoms with Crippen molar-refractivity contribution in [1.82, 2.24) is 5.32 Å². The molecule has 3 rings (SSSR count). The van der Waals surface area contributed by atoms with Gasteiger partial charge in [0, 0.05) is 12.3 Å². The first-order valence-electron chi connectivity index (χ1n) is 6.85. The number of carbonyl (C=O) groups excluding carboxylic acids is 1. The smallest absolute Gasteiger partial charge is 0.155 e. The largest absolute Gasteiger partial charge is 0.307 e. The van der Waals surface area contributed by atoms with Crippen molar-refractivity contribution in [2.24, 2.45) is 0 Å². The average Bonchev–Trinajstić information content (AvgIpc) is 2.49. The highest BCUT2D eigenvalue weighted by atomic mass is 35.5. The highest BCUT2D eigenvalue weighted by molar-refractivity contribution is 6.42. The van der Waals surface area contributed by atoms with Crippen LogP contribution >= 0.6 is 23.2 Å². The van der Waals surface area contributed by atoms with E-state index in [1.165, 1.54) is 5.56 Å². The van der Waals surface area contributed by atoms with E-state index < -0.39 is 0 Å². The molecule has 0 saturated carbocycles. The zero-order valence-electron chi connectivity index (χ0n) is 11.6. The molecule has 0 radical (unpaired) electrons. The second-order valence-corrected chi connectivity index (χ2v) is 6.06. The molecule has 0 heterocycles.